The van der Waals surface area contributed by atoms with Crippen LogP contribution in [0, 0.1) is 0 Å². The highest BCUT2D eigenvalue weighted by Crippen LogP contribution is 2.20. The Labute approximate surface area is 432 Å². The molecule has 10 amide bonds. The monoisotopic (exact) mass is 1040 g/mol. The van der Waals surface area contributed by atoms with Gasteiger partial charge in [0.2, 0.25) is 59.1 Å². The largest absolute Gasteiger partial charge is 0.370 e. The zero-order valence-electron chi connectivity index (χ0n) is 41.7. The van der Waals surface area contributed by atoms with E-state index in [2.05, 4.69) is 57.5 Å². The van der Waals surface area contributed by atoms with Crippen LogP contribution in [0.25, 0.3) is 10.9 Å². The van der Waals surface area contributed by atoms with Crippen molar-refractivity contribution < 1.29 is 47.9 Å². The molecule has 0 aliphatic carbocycles. The van der Waals surface area contributed by atoms with Gasteiger partial charge in [-0.2, -0.15) is 0 Å². The Morgan fingerprint density at radius 1 is 0.680 bits per heavy atom. The summed E-state index contributed by atoms with van der Waals surface area (Å²) in [4.78, 5) is 147. The lowest BCUT2D eigenvalue weighted by molar-refractivity contribution is -0.136. The van der Waals surface area contributed by atoms with Crippen LogP contribution in [0.15, 0.2) is 70.8 Å². The van der Waals surface area contributed by atoms with E-state index in [9.17, 15) is 47.9 Å². The number of guanidine groups is 2. The molecule has 3 aromatic rings. The van der Waals surface area contributed by atoms with Gasteiger partial charge in [0, 0.05) is 56.5 Å². The number of fused-ring (bicyclic) bond motifs is 1. The molecule has 1 unspecified atom stereocenters. The molecule has 1 aliphatic heterocycles. The van der Waals surface area contributed by atoms with Crippen LogP contribution >= 0.6 is 0 Å². The molecule has 21 N–H and O–H groups in total. The van der Waals surface area contributed by atoms with E-state index in [-0.39, 0.29) is 89.3 Å². The Hall–Kier alpha value is -8.78. The summed E-state index contributed by atoms with van der Waals surface area (Å²) in [5.41, 5.74) is 35.1. The van der Waals surface area contributed by atoms with Crippen molar-refractivity contribution >= 4 is 81.9 Å². The lowest BCUT2D eigenvalue weighted by Crippen LogP contribution is -2.61. The second-order valence-electron chi connectivity index (χ2n) is 17.9. The van der Waals surface area contributed by atoms with E-state index >= 15 is 0 Å². The highest BCUT2D eigenvalue weighted by molar-refractivity contribution is 5.99. The topological polar surface area (TPSA) is 464 Å². The van der Waals surface area contributed by atoms with Crippen LogP contribution in [0.2, 0.25) is 0 Å². The highest BCUT2D eigenvalue weighted by atomic mass is 16.2. The molecule has 1 aromatic heterocycles. The van der Waals surface area contributed by atoms with Gasteiger partial charge in [-0.3, -0.25) is 57.9 Å². The number of nitrogens with one attached hydrogen (secondary N) is 9. The summed E-state index contributed by atoms with van der Waals surface area (Å²) in [5, 5.41) is 21.4. The van der Waals surface area contributed by atoms with Crippen LogP contribution in [0.1, 0.15) is 75.8 Å². The number of rotatable bonds is 18. The zero-order chi connectivity index (χ0) is 55.0. The molecule has 0 bridgehead atoms. The number of aromatic nitrogens is 1. The lowest BCUT2D eigenvalue weighted by Gasteiger charge is -2.28. The number of nitrogens with two attached hydrogens (primary N) is 6. The summed E-state index contributed by atoms with van der Waals surface area (Å²) in [6.07, 6.45) is 0.376. The van der Waals surface area contributed by atoms with E-state index in [1.54, 1.807) is 60.8 Å². The quantitative estimate of drug-likeness (QED) is 0.0325. The molecule has 75 heavy (non-hydrogen) atoms. The third-order valence-corrected chi connectivity index (χ3v) is 11.8. The van der Waals surface area contributed by atoms with E-state index in [4.69, 9.17) is 34.4 Å². The van der Waals surface area contributed by atoms with Gasteiger partial charge in [0.25, 0.3) is 0 Å². The molecule has 2 aromatic carbocycles. The number of nitrogens with zero attached hydrogens (tertiary/aromatic N) is 2. The molecule has 7 atom stereocenters. The number of carbonyl (C=O) groups is 10. The summed E-state index contributed by atoms with van der Waals surface area (Å²) >= 11 is 0. The number of amides is 10. The summed E-state index contributed by atoms with van der Waals surface area (Å²) < 4.78 is 0. The van der Waals surface area contributed by atoms with Crippen molar-refractivity contribution in [3.05, 3.63) is 71.9 Å². The van der Waals surface area contributed by atoms with Crippen molar-refractivity contribution in [2.24, 2.45) is 44.4 Å². The fourth-order valence-electron chi connectivity index (χ4n) is 8.07. The molecule has 0 radical (unpaired) electrons. The second-order valence-corrected chi connectivity index (χ2v) is 17.9. The second kappa shape index (κ2) is 29.7. The van der Waals surface area contributed by atoms with Crippen LogP contribution < -0.4 is 76.9 Å². The van der Waals surface area contributed by atoms with E-state index in [1.807, 2.05) is 0 Å². The van der Waals surface area contributed by atoms with Crippen molar-refractivity contribution in [2.45, 2.75) is 120 Å². The van der Waals surface area contributed by atoms with Gasteiger partial charge in [0.1, 0.15) is 42.3 Å². The Morgan fingerprint density at radius 3 is 1.92 bits per heavy atom. The molecule has 0 spiro atoms. The molecule has 27 heteroatoms. The molecule has 1 aliphatic rings. The minimum Gasteiger partial charge on any atom is -0.370 e. The fraction of sp³-hybridized carbons (Fsp3) is 0.458. The van der Waals surface area contributed by atoms with Crippen LogP contribution in [0.4, 0.5) is 0 Å². The number of benzene rings is 2. The van der Waals surface area contributed by atoms with Gasteiger partial charge < -0.3 is 81.9 Å². The average molecular weight is 1040 g/mol. The summed E-state index contributed by atoms with van der Waals surface area (Å²) in [6, 6.07) is 5.33. The molecule has 1 fully saturated rings. The number of aromatic amines is 1. The van der Waals surface area contributed by atoms with E-state index < -0.39 is 114 Å². The summed E-state index contributed by atoms with van der Waals surface area (Å²) in [6.45, 7) is 1.28. The van der Waals surface area contributed by atoms with Crippen molar-refractivity contribution in [1.29, 1.82) is 0 Å². The van der Waals surface area contributed by atoms with Gasteiger partial charge >= 0.3 is 0 Å². The van der Waals surface area contributed by atoms with Crippen molar-refractivity contribution in [2.75, 3.05) is 19.6 Å². The first-order valence-corrected chi connectivity index (χ1v) is 24.3. The van der Waals surface area contributed by atoms with Gasteiger partial charge in [-0.15, -0.1) is 0 Å². The maximum atomic E-state index is 14.6. The first kappa shape index (κ1) is 58.8. The number of H-pyrrole nitrogens is 1. The van der Waals surface area contributed by atoms with Gasteiger partial charge in [0.05, 0.1) is 12.8 Å². The molecule has 4 rings (SSSR count). The van der Waals surface area contributed by atoms with Crippen LogP contribution in [0.5, 0.6) is 0 Å². The number of hydrogen-bond acceptors (Lipinski definition) is 12. The van der Waals surface area contributed by atoms with Crippen molar-refractivity contribution in [1.82, 2.24) is 47.5 Å². The Bertz CT molecular complexity index is 2560. The average Bonchev–Trinajstić information content (AvgIpc) is 3.76. The molecule has 27 nitrogen and oxygen atoms in total. The first-order chi connectivity index (χ1) is 35.7. The van der Waals surface area contributed by atoms with Crippen LogP contribution in [0.3, 0.4) is 0 Å². The van der Waals surface area contributed by atoms with Gasteiger partial charge in [-0.25, -0.2) is 0 Å². The van der Waals surface area contributed by atoms with Crippen molar-refractivity contribution in [3.63, 3.8) is 0 Å². The number of carbonyl (C=O) groups excluding carboxylic acids is 10. The molecule has 406 valence electrons. The number of primary amides is 2. The van der Waals surface area contributed by atoms with Gasteiger partial charge in [0.15, 0.2) is 11.9 Å². The minimum atomic E-state index is -1.73. The number of para-hydroxylation sites is 1. The maximum absolute atomic E-state index is 14.6. The SMILES string of the molecule is CC(=O)N[C@@H](CCCN=C(N)N)C(=O)N[C@H]1CCCCNC(=O)C[C@@H](C(N)=O)NC(=O)[C@H](Cc2c[nH]c3ccccc23)NC(=O)[C@H](CCCN=C(N)N)NC(=O)[C@@H](Cc2ccccc2)NC(=O)C(CC(N)=O)NC1=O. The standard InChI is InChI=1S/C48H69N17O10/c1-26(66)59-31(16-9-19-56-47(51)52)41(70)60-32-15-7-8-18-55-39(68)24-34(40(50)69)62-45(74)36(22-28-25-58-30-14-6-5-13-29(28)30)64-43(72)33(17-10-20-57-48(53)54)61-44(73)35(21-27-11-3-2-4-12-27)63-46(75)37(23-38(49)67)65-42(32)71/h2-6,11-14,25,31-37,58H,7-10,15-24H2,1H3,(H2,49,67)(H2,50,69)(H,55,68)(H,59,66)(H,60,70)(H,61,73)(H,62,74)(H,63,75)(H,64,72)(H,65,71)(H4,51,52,56)(H4,53,54,57)/t31-,32-,33-,34-,35+,36-,37?/m0/s1. The Kier molecular flexibility index (Phi) is 23.3. The molecular weight excluding hydrogens is 975 g/mol. The van der Waals surface area contributed by atoms with Crippen LogP contribution in [-0.2, 0) is 60.8 Å². The zero-order valence-corrected chi connectivity index (χ0v) is 41.7. The third-order valence-electron chi connectivity index (χ3n) is 11.8. The first-order valence-electron chi connectivity index (χ1n) is 24.3. The van der Waals surface area contributed by atoms with Crippen LogP contribution in [-0.4, -0.2) is 138 Å². The molecule has 2 heterocycles. The van der Waals surface area contributed by atoms with Gasteiger partial charge in [-0.05, 0) is 62.1 Å². The highest BCUT2D eigenvalue weighted by Gasteiger charge is 2.35. The Morgan fingerprint density at radius 2 is 1.27 bits per heavy atom. The predicted molar refractivity (Wildman–Crippen MR) is 276 cm³/mol. The van der Waals surface area contributed by atoms with Gasteiger partial charge in [-0.1, -0.05) is 48.5 Å². The summed E-state index contributed by atoms with van der Waals surface area (Å²) in [5.74, 6) is -9.28. The predicted octanol–water partition coefficient (Wildman–Crippen LogP) is -4.48. The fourth-order valence-corrected chi connectivity index (χ4v) is 8.07. The smallest absolute Gasteiger partial charge is 0.243 e. The molecular formula is C48H69N17O10. The molecule has 1 saturated heterocycles. The van der Waals surface area contributed by atoms with E-state index in [0.29, 0.717) is 16.5 Å². The maximum Gasteiger partial charge on any atom is 0.243 e. The lowest BCUT2D eigenvalue weighted by atomic mass is 10.0. The van der Waals surface area contributed by atoms with E-state index in [0.717, 1.165) is 5.52 Å². The number of hydrogen-bond donors (Lipinski definition) is 15. The number of aliphatic imine (C=N–C) groups is 2. The third kappa shape index (κ3) is 20.3. The Balaban J connectivity index is 1.77. The normalized spacial score (nSPS) is 21.0. The van der Waals surface area contributed by atoms with Crippen molar-refractivity contribution in [3.8, 4) is 0 Å². The molecule has 0 saturated carbocycles. The summed E-state index contributed by atoms with van der Waals surface area (Å²) in [7, 11) is 0. The minimum absolute atomic E-state index is 0.0110. The van der Waals surface area contributed by atoms with E-state index in [1.165, 1.54) is 6.92 Å².